The van der Waals surface area contributed by atoms with E-state index >= 15 is 0 Å². The third-order valence-corrected chi connectivity index (χ3v) is 61.9. The zero-order valence-electron chi connectivity index (χ0n) is 18.9. The first kappa shape index (κ1) is 29.1. The molecule has 1 fully saturated rings. The molecule has 156 valence electrons. The molecule has 26 heavy (non-hydrogen) atoms. The van der Waals surface area contributed by atoms with Gasteiger partial charge in [-0.15, -0.1) is 0 Å². The molecule has 0 saturated carbocycles. The van der Waals surface area contributed by atoms with Crippen molar-refractivity contribution in [3.63, 3.8) is 0 Å². The Morgan fingerprint density at radius 1 is 0.577 bits per heavy atom. The van der Waals surface area contributed by atoms with Crippen LogP contribution < -0.4 is 0 Å². The van der Waals surface area contributed by atoms with Crippen LogP contribution in [0.4, 0.5) is 0 Å². The second kappa shape index (κ2) is 9.31. The minimum absolute atomic E-state index is 0.655. The third-order valence-electron chi connectivity index (χ3n) is 6.75. The van der Waals surface area contributed by atoms with Crippen LogP contribution in [-0.4, -0.2) is 57.3 Å². The van der Waals surface area contributed by atoms with Gasteiger partial charge in [0.1, 0.15) is 0 Å². The Labute approximate surface area is 193 Å². The van der Waals surface area contributed by atoms with Crippen LogP contribution in [0.25, 0.3) is 0 Å². The predicted molar refractivity (Wildman–Crippen MR) is 143 cm³/mol. The molecular formula is C16H40Cl4Ge2Si4. The molecule has 0 aromatic rings. The summed E-state index contributed by atoms with van der Waals surface area (Å²) in [5.41, 5.74) is 0. The van der Waals surface area contributed by atoms with Gasteiger partial charge in [-0.05, 0) is 0 Å². The second-order valence-electron chi connectivity index (χ2n) is 11.8. The Morgan fingerprint density at radius 2 is 0.731 bits per heavy atom. The fourth-order valence-electron chi connectivity index (χ4n) is 6.03. The summed E-state index contributed by atoms with van der Waals surface area (Å²) in [5.74, 6) is 0. The van der Waals surface area contributed by atoms with Crippen LogP contribution in [-0.2, 0) is 0 Å². The normalized spacial score (nSPS) is 21.6. The van der Waals surface area contributed by atoms with Crippen LogP contribution in [0.15, 0.2) is 0 Å². The van der Waals surface area contributed by atoms with Crippen molar-refractivity contribution >= 4 is 97.3 Å². The molecule has 1 rings (SSSR count). The van der Waals surface area contributed by atoms with Gasteiger partial charge in [-0.2, -0.15) is 0 Å². The van der Waals surface area contributed by atoms with Crippen LogP contribution in [0.1, 0.15) is 12.8 Å². The van der Waals surface area contributed by atoms with Crippen molar-refractivity contribution in [2.24, 2.45) is 0 Å². The predicted octanol–water partition coefficient (Wildman–Crippen LogP) is 8.69. The SMILES string of the molecule is C[Si](C)(C)[C]1([Si](C)(C)C)CC[C]([Si](C)(C)C)([Si](C)(C)C)[Ge]1[Cl].[Cl][Ge]([Cl])[Cl]. The molecule has 1 aliphatic heterocycles. The minimum atomic E-state index is -1.92. The molecule has 0 aliphatic carbocycles. The summed E-state index contributed by atoms with van der Waals surface area (Å²) in [7, 11) is 17.6. The van der Waals surface area contributed by atoms with E-state index in [1.54, 1.807) is 0 Å². The molecule has 1 heterocycles. The molecule has 0 bridgehead atoms. The van der Waals surface area contributed by atoms with Gasteiger partial charge >= 0.3 is 196 Å². The molecule has 0 aromatic heterocycles. The van der Waals surface area contributed by atoms with E-state index in [4.69, 9.17) is 40.0 Å². The van der Waals surface area contributed by atoms with Crippen molar-refractivity contribution in [2.75, 3.05) is 0 Å². The van der Waals surface area contributed by atoms with Crippen molar-refractivity contribution in [2.45, 2.75) is 98.4 Å². The number of hydrogen-bond donors (Lipinski definition) is 0. The van der Waals surface area contributed by atoms with Gasteiger partial charge in [0, 0.05) is 0 Å². The molecule has 2 radical (unpaired) electrons. The summed E-state index contributed by atoms with van der Waals surface area (Å²) < 4.78 is 1.31. The molecule has 0 atom stereocenters. The Hall–Kier alpha value is 3.11. The summed E-state index contributed by atoms with van der Waals surface area (Å²) in [6.07, 6.45) is 2.98. The van der Waals surface area contributed by atoms with Crippen molar-refractivity contribution in [3.05, 3.63) is 0 Å². The first-order valence-corrected chi connectivity index (χ1v) is 36.6. The Balaban J connectivity index is 0.00000141. The van der Waals surface area contributed by atoms with E-state index in [2.05, 4.69) is 78.6 Å². The van der Waals surface area contributed by atoms with E-state index in [-0.39, 0.29) is 0 Å². The summed E-state index contributed by atoms with van der Waals surface area (Å²) in [5, 5.41) is 0. The van der Waals surface area contributed by atoms with Crippen molar-refractivity contribution < 1.29 is 0 Å². The quantitative estimate of drug-likeness (QED) is 0.273. The summed E-state index contributed by atoms with van der Waals surface area (Å²) in [6, 6.07) is 0. The van der Waals surface area contributed by atoms with Crippen LogP contribution in [0.5, 0.6) is 0 Å². The molecule has 1 saturated heterocycles. The van der Waals surface area contributed by atoms with Gasteiger partial charge in [-0.3, -0.25) is 0 Å². The fourth-order valence-corrected chi connectivity index (χ4v) is 75.4. The topological polar surface area (TPSA) is 0 Å². The molecule has 1 aliphatic rings. The maximum absolute atomic E-state index is 7.80. The Kier molecular flexibility index (Phi) is 10.4. The molecule has 10 heteroatoms. The number of hydrogen-bond acceptors (Lipinski definition) is 0. The van der Waals surface area contributed by atoms with E-state index in [9.17, 15) is 0 Å². The van der Waals surface area contributed by atoms with Crippen molar-refractivity contribution in [1.82, 2.24) is 0 Å². The summed E-state index contributed by atoms with van der Waals surface area (Å²) in [6.45, 7) is 31.7. The van der Waals surface area contributed by atoms with E-state index < -0.39 is 57.3 Å². The van der Waals surface area contributed by atoms with Crippen LogP contribution >= 0.6 is 40.0 Å². The van der Waals surface area contributed by atoms with Crippen LogP contribution in [0.3, 0.4) is 0 Å². The number of halogens is 4. The summed E-state index contributed by atoms with van der Waals surface area (Å²) in [4.78, 5) is 0. The standard InChI is InChI=1S/C16H40ClGeSi4.Cl3Ge/c1-19(2,3)15(20(4,5)6)13-14-16(18(15)17,21(7,8)9)22(10,11)12;1-4(2)3/h13-14H2,1-12H3;. The van der Waals surface area contributed by atoms with Crippen molar-refractivity contribution in [3.8, 4) is 0 Å². The van der Waals surface area contributed by atoms with E-state index in [0.717, 1.165) is 0 Å². The van der Waals surface area contributed by atoms with Crippen molar-refractivity contribution in [1.29, 1.82) is 0 Å². The average molecular weight is 632 g/mol. The molecule has 0 aromatic carbocycles. The van der Waals surface area contributed by atoms with E-state index in [0.29, 0.717) is 6.99 Å². The van der Waals surface area contributed by atoms with Gasteiger partial charge in [0.15, 0.2) is 0 Å². The Bertz CT molecular complexity index is 406. The zero-order valence-corrected chi connectivity index (χ0v) is 30.1. The number of rotatable bonds is 4. The van der Waals surface area contributed by atoms with Crippen LogP contribution in [0, 0.1) is 0 Å². The zero-order chi connectivity index (χ0) is 21.6. The van der Waals surface area contributed by atoms with Gasteiger partial charge in [0.05, 0.1) is 0 Å². The average Bonchev–Trinajstić information content (AvgIpc) is 2.60. The molecular weight excluding hydrogens is 592 g/mol. The first-order valence-electron chi connectivity index (χ1n) is 9.46. The second-order valence-corrected chi connectivity index (χ2v) is 55.1. The molecule has 0 N–H and O–H groups in total. The van der Waals surface area contributed by atoms with Gasteiger partial charge < -0.3 is 0 Å². The molecule has 0 nitrogen and oxygen atoms in total. The van der Waals surface area contributed by atoms with Crippen LogP contribution in [0.2, 0.25) is 85.6 Å². The fraction of sp³-hybridized carbons (Fsp3) is 1.00. The van der Waals surface area contributed by atoms with Gasteiger partial charge in [-0.25, -0.2) is 0 Å². The Morgan fingerprint density at radius 3 is 0.808 bits per heavy atom. The first-order chi connectivity index (χ1) is 11.1. The molecule has 0 amide bonds. The maximum atomic E-state index is 7.80. The van der Waals surface area contributed by atoms with E-state index in [1.165, 1.54) is 12.8 Å². The molecule has 0 unspecified atom stereocenters. The molecule has 0 spiro atoms. The monoisotopic (exact) mass is 632 g/mol. The van der Waals surface area contributed by atoms with Gasteiger partial charge in [0.2, 0.25) is 0 Å². The van der Waals surface area contributed by atoms with Gasteiger partial charge in [-0.1, -0.05) is 0 Å². The summed E-state index contributed by atoms with van der Waals surface area (Å²) >= 11 is -3.60. The van der Waals surface area contributed by atoms with E-state index in [1.807, 2.05) is 0 Å². The van der Waals surface area contributed by atoms with Gasteiger partial charge in [0.25, 0.3) is 0 Å². The third kappa shape index (κ3) is 5.47.